The SMILES string of the molecule is COc1ccc(NC(=O)c2nnc(C(=O)NCc3ccc(OC)cc3OC)s2)cc1. The number of amides is 2. The molecular weight excluding hydrogens is 408 g/mol. The van der Waals surface area contributed by atoms with E-state index in [0.29, 0.717) is 22.9 Å². The lowest BCUT2D eigenvalue weighted by Gasteiger charge is -2.10. The summed E-state index contributed by atoms with van der Waals surface area (Å²) in [5.74, 6) is 1.03. The first-order valence-electron chi connectivity index (χ1n) is 8.82. The molecule has 9 nitrogen and oxygen atoms in total. The van der Waals surface area contributed by atoms with Gasteiger partial charge in [-0.2, -0.15) is 0 Å². The van der Waals surface area contributed by atoms with Crippen LogP contribution in [0.1, 0.15) is 25.2 Å². The lowest BCUT2D eigenvalue weighted by atomic mass is 10.2. The minimum Gasteiger partial charge on any atom is -0.497 e. The number of hydrogen-bond donors (Lipinski definition) is 2. The summed E-state index contributed by atoms with van der Waals surface area (Å²) in [6.07, 6.45) is 0. The van der Waals surface area contributed by atoms with Gasteiger partial charge in [0.15, 0.2) is 0 Å². The number of methoxy groups -OCH3 is 3. The predicted molar refractivity (Wildman–Crippen MR) is 112 cm³/mol. The molecule has 0 radical (unpaired) electrons. The number of rotatable bonds is 8. The third-order valence-electron chi connectivity index (χ3n) is 4.10. The summed E-state index contributed by atoms with van der Waals surface area (Å²) < 4.78 is 15.6. The lowest BCUT2D eigenvalue weighted by molar-refractivity contribution is 0.0948. The van der Waals surface area contributed by atoms with Gasteiger partial charge in [-0.05, 0) is 36.4 Å². The molecule has 0 bridgehead atoms. The van der Waals surface area contributed by atoms with E-state index < -0.39 is 11.8 Å². The highest BCUT2D eigenvalue weighted by atomic mass is 32.1. The van der Waals surface area contributed by atoms with Gasteiger partial charge in [0.05, 0.1) is 21.3 Å². The zero-order valence-corrected chi connectivity index (χ0v) is 17.4. The van der Waals surface area contributed by atoms with Gasteiger partial charge in [0.25, 0.3) is 11.8 Å². The fourth-order valence-electron chi connectivity index (χ4n) is 2.51. The van der Waals surface area contributed by atoms with Crippen LogP contribution >= 0.6 is 11.3 Å². The summed E-state index contributed by atoms with van der Waals surface area (Å²) in [6.45, 7) is 0.221. The number of anilines is 1. The van der Waals surface area contributed by atoms with E-state index in [1.165, 1.54) is 0 Å². The maximum absolute atomic E-state index is 12.4. The van der Waals surface area contributed by atoms with Crippen LogP contribution in [0.15, 0.2) is 42.5 Å². The van der Waals surface area contributed by atoms with Crippen molar-refractivity contribution in [2.24, 2.45) is 0 Å². The zero-order chi connectivity index (χ0) is 21.5. The molecule has 3 rings (SSSR count). The number of ether oxygens (including phenoxy) is 3. The molecule has 10 heteroatoms. The normalized spacial score (nSPS) is 10.2. The quantitative estimate of drug-likeness (QED) is 0.567. The van der Waals surface area contributed by atoms with Crippen molar-refractivity contribution < 1.29 is 23.8 Å². The third-order valence-corrected chi connectivity index (χ3v) is 5.02. The van der Waals surface area contributed by atoms with E-state index >= 15 is 0 Å². The molecule has 0 aliphatic carbocycles. The second-order valence-electron chi connectivity index (χ2n) is 5.96. The number of carbonyl (C=O) groups excluding carboxylic acids is 2. The first-order chi connectivity index (χ1) is 14.5. The van der Waals surface area contributed by atoms with Crippen LogP contribution in [0.5, 0.6) is 17.2 Å². The molecule has 1 aromatic heterocycles. The number of hydrogen-bond acceptors (Lipinski definition) is 8. The van der Waals surface area contributed by atoms with Crippen molar-refractivity contribution in [3.63, 3.8) is 0 Å². The molecule has 0 aliphatic heterocycles. The monoisotopic (exact) mass is 428 g/mol. The van der Waals surface area contributed by atoms with E-state index in [9.17, 15) is 9.59 Å². The van der Waals surface area contributed by atoms with Gasteiger partial charge in [-0.25, -0.2) is 0 Å². The van der Waals surface area contributed by atoms with Crippen molar-refractivity contribution >= 4 is 28.8 Å². The second-order valence-corrected chi connectivity index (χ2v) is 6.93. The van der Waals surface area contributed by atoms with Gasteiger partial charge >= 0.3 is 0 Å². The summed E-state index contributed by atoms with van der Waals surface area (Å²) in [4.78, 5) is 24.7. The van der Waals surface area contributed by atoms with Crippen molar-refractivity contribution in [2.75, 3.05) is 26.6 Å². The molecule has 0 fully saturated rings. The number of aromatic nitrogens is 2. The molecule has 156 valence electrons. The second kappa shape index (κ2) is 9.70. The van der Waals surface area contributed by atoms with Crippen molar-refractivity contribution in [1.82, 2.24) is 15.5 Å². The fourth-order valence-corrected chi connectivity index (χ4v) is 3.17. The Bertz CT molecular complexity index is 1040. The summed E-state index contributed by atoms with van der Waals surface area (Å²) in [6, 6.07) is 12.2. The molecule has 2 aromatic carbocycles. The molecule has 2 N–H and O–H groups in total. The van der Waals surface area contributed by atoms with Gasteiger partial charge < -0.3 is 24.8 Å². The minimum atomic E-state index is -0.450. The highest BCUT2D eigenvalue weighted by Crippen LogP contribution is 2.24. The van der Waals surface area contributed by atoms with E-state index in [-0.39, 0.29) is 16.6 Å². The van der Waals surface area contributed by atoms with Crippen LogP contribution < -0.4 is 24.8 Å². The first-order valence-corrected chi connectivity index (χ1v) is 9.63. The molecule has 1 heterocycles. The molecule has 0 unspecified atom stereocenters. The van der Waals surface area contributed by atoms with Gasteiger partial charge in [0, 0.05) is 23.9 Å². The average molecular weight is 428 g/mol. The zero-order valence-electron chi connectivity index (χ0n) is 16.6. The maximum atomic E-state index is 12.4. The third kappa shape index (κ3) is 5.03. The number of benzene rings is 2. The molecule has 0 spiro atoms. The molecular formula is C20H20N4O5S. The molecule has 3 aromatic rings. The van der Waals surface area contributed by atoms with Gasteiger partial charge in [-0.1, -0.05) is 11.3 Å². The van der Waals surface area contributed by atoms with E-state index in [4.69, 9.17) is 14.2 Å². The van der Waals surface area contributed by atoms with Gasteiger partial charge in [0.1, 0.15) is 17.2 Å². The van der Waals surface area contributed by atoms with E-state index in [0.717, 1.165) is 16.9 Å². The Kier molecular flexibility index (Phi) is 6.81. The molecule has 2 amide bonds. The van der Waals surface area contributed by atoms with Crippen LogP contribution in [0.3, 0.4) is 0 Å². The minimum absolute atomic E-state index is 0.0815. The molecule has 0 atom stereocenters. The summed E-state index contributed by atoms with van der Waals surface area (Å²) in [5.41, 5.74) is 1.35. The Hall–Kier alpha value is -3.66. The Labute approximate surface area is 177 Å². The van der Waals surface area contributed by atoms with Crippen molar-refractivity contribution in [1.29, 1.82) is 0 Å². The Morgan fingerprint density at radius 3 is 2.13 bits per heavy atom. The van der Waals surface area contributed by atoms with Crippen molar-refractivity contribution in [2.45, 2.75) is 6.54 Å². The molecule has 0 aliphatic rings. The van der Waals surface area contributed by atoms with Gasteiger partial charge in [-0.15, -0.1) is 10.2 Å². The van der Waals surface area contributed by atoms with E-state index in [1.54, 1.807) is 63.8 Å². The smallest absolute Gasteiger partial charge is 0.286 e. The van der Waals surface area contributed by atoms with Gasteiger partial charge in [-0.3, -0.25) is 9.59 Å². The fraction of sp³-hybridized carbons (Fsp3) is 0.200. The van der Waals surface area contributed by atoms with Crippen LogP contribution in [0.2, 0.25) is 0 Å². The lowest BCUT2D eigenvalue weighted by Crippen LogP contribution is -2.23. The molecule has 0 saturated carbocycles. The topological polar surface area (TPSA) is 112 Å². The molecule has 0 saturated heterocycles. The Balaban J connectivity index is 1.61. The average Bonchev–Trinajstić information content (AvgIpc) is 3.28. The predicted octanol–water partition coefficient (Wildman–Crippen LogP) is 2.75. The summed E-state index contributed by atoms with van der Waals surface area (Å²) in [5, 5.41) is 13.2. The molecule has 30 heavy (non-hydrogen) atoms. The summed E-state index contributed by atoms with van der Waals surface area (Å²) in [7, 11) is 4.67. The van der Waals surface area contributed by atoms with Gasteiger partial charge in [0.2, 0.25) is 10.0 Å². The highest BCUT2D eigenvalue weighted by molar-refractivity contribution is 7.15. The Morgan fingerprint density at radius 1 is 0.867 bits per heavy atom. The van der Waals surface area contributed by atoms with E-state index in [1.807, 2.05) is 0 Å². The van der Waals surface area contributed by atoms with Crippen molar-refractivity contribution in [3.8, 4) is 17.2 Å². The largest absolute Gasteiger partial charge is 0.497 e. The van der Waals surface area contributed by atoms with Crippen LogP contribution in [0.25, 0.3) is 0 Å². The van der Waals surface area contributed by atoms with Crippen LogP contribution in [0, 0.1) is 0 Å². The number of nitrogens with zero attached hydrogens (tertiary/aromatic N) is 2. The highest BCUT2D eigenvalue weighted by Gasteiger charge is 2.18. The standard InChI is InChI=1S/C20H20N4O5S/c1-27-14-8-5-13(6-9-14)22-18(26)20-24-23-19(30-20)17(25)21-11-12-4-7-15(28-2)10-16(12)29-3/h4-10H,11H2,1-3H3,(H,21,25)(H,22,26). The maximum Gasteiger partial charge on any atom is 0.286 e. The van der Waals surface area contributed by atoms with E-state index in [2.05, 4.69) is 20.8 Å². The van der Waals surface area contributed by atoms with Crippen LogP contribution in [0.4, 0.5) is 5.69 Å². The van der Waals surface area contributed by atoms with Crippen LogP contribution in [-0.2, 0) is 6.54 Å². The Morgan fingerprint density at radius 2 is 1.50 bits per heavy atom. The summed E-state index contributed by atoms with van der Waals surface area (Å²) >= 11 is 0.905. The van der Waals surface area contributed by atoms with Crippen LogP contribution in [-0.4, -0.2) is 43.3 Å². The first kappa shape index (κ1) is 21.1. The van der Waals surface area contributed by atoms with Crippen molar-refractivity contribution in [3.05, 3.63) is 58.0 Å². The number of carbonyl (C=O) groups is 2. The number of nitrogens with one attached hydrogen (secondary N) is 2.